The number of carbonyl (C=O) groups is 2. The summed E-state index contributed by atoms with van der Waals surface area (Å²) < 4.78 is 0. The number of hydrogen-bond donors (Lipinski definition) is 2. The van der Waals surface area contributed by atoms with Gasteiger partial charge in [0.2, 0.25) is 5.91 Å². The Morgan fingerprint density at radius 1 is 1.05 bits per heavy atom. The van der Waals surface area contributed by atoms with E-state index in [1.54, 1.807) is 48.5 Å². The van der Waals surface area contributed by atoms with Crippen LogP contribution in [0.25, 0.3) is 0 Å². The number of hydrogen-bond acceptors (Lipinski definition) is 2. The molecule has 1 atom stereocenters. The standard InChI is InChI=1S/C16H14Cl2N2O2/c17-11-7-5-10(6-8-11)9-14(15(19)21)20-16(22)12-3-1-2-4-13(12)18/h1-8,14H,9H2,(H2,19,21)(H,20,22)/t14-/m0/s1. The lowest BCUT2D eigenvalue weighted by molar-refractivity contribution is -0.119. The number of benzene rings is 2. The van der Waals surface area contributed by atoms with Gasteiger partial charge >= 0.3 is 0 Å². The van der Waals surface area contributed by atoms with Crippen LogP contribution in [0.15, 0.2) is 48.5 Å². The zero-order chi connectivity index (χ0) is 16.1. The van der Waals surface area contributed by atoms with Gasteiger partial charge < -0.3 is 11.1 Å². The summed E-state index contributed by atoms with van der Waals surface area (Å²) in [5.41, 5.74) is 6.50. The normalized spacial score (nSPS) is 11.7. The van der Waals surface area contributed by atoms with Crippen molar-refractivity contribution in [1.29, 1.82) is 0 Å². The van der Waals surface area contributed by atoms with E-state index in [2.05, 4.69) is 5.32 Å². The number of carbonyl (C=O) groups excluding carboxylic acids is 2. The van der Waals surface area contributed by atoms with E-state index < -0.39 is 17.9 Å². The summed E-state index contributed by atoms with van der Waals surface area (Å²) in [5, 5.41) is 3.52. The van der Waals surface area contributed by atoms with Gasteiger partial charge in [-0.1, -0.05) is 47.5 Å². The molecule has 0 saturated carbocycles. The van der Waals surface area contributed by atoms with Crippen LogP contribution in [0, 0.1) is 0 Å². The van der Waals surface area contributed by atoms with Crippen molar-refractivity contribution >= 4 is 35.0 Å². The van der Waals surface area contributed by atoms with Crippen LogP contribution >= 0.6 is 23.2 Å². The number of nitrogens with two attached hydrogens (primary N) is 1. The molecule has 0 aliphatic heterocycles. The lowest BCUT2D eigenvalue weighted by atomic mass is 10.0. The SMILES string of the molecule is NC(=O)[C@H](Cc1ccc(Cl)cc1)NC(=O)c1ccccc1Cl. The Bertz CT molecular complexity index is 687. The molecule has 22 heavy (non-hydrogen) atoms. The molecule has 0 aromatic heterocycles. The Kier molecular flexibility index (Phi) is 5.41. The highest BCUT2D eigenvalue weighted by Crippen LogP contribution is 2.15. The van der Waals surface area contributed by atoms with E-state index in [9.17, 15) is 9.59 Å². The molecule has 0 saturated heterocycles. The second-order valence-electron chi connectivity index (χ2n) is 4.74. The summed E-state index contributed by atoms with van der Waals surface area (Å²) in [4.78, 5) is 23.8. The van der Waals surface area contributed by atoms with Crippen LogP contribution in [0.4, 0.5) is 0 Å². The molecular formula is C16H14Cl2N2O2. The predicted octanol–water partition coefficient (Wildman–Crippen LogP) is 2.82. The lowest BCUT2D eigenvalue weighted by Gasteiger charge is -2.16. The van der Waals surface area contributed by atoms with Gasteiger partial charge in [-0.25, -0.2) is 0 Å². The number of rotatable bonds is 5. The van der Waals surface area contributed by atoms with Crippen LogP contribution in [0.2, 0.25) is 10.0 Å². The molecule has 2 amide bonds. The van der Waals surface area contributed by atoms with E-state index in [1.807, 2.05) is 0 Å². The fourth-order valence-corrected chi connectivity index (χ4v) is 2.31. The van der Waals surface area contributed by atoms with Gasteiger partial charge in [0.15, 0.2) is 0 Å². The van der Waals surface area contributed by atoms with E-state index in [-0.39, 0.29) is 6.42 Å². The van der Waals surface area contributed by atoms with Crippen molar-refractivity contribution in [3.8, 4) is 0 Å². The Labute approximate surface area is 138 Å². The highest BCUT2D eigenvalue weighted by atomic mass is 35.5. The first-order valence-corrected chi connectivity index (χ1v) is 7.32. The molecule has 2 aromatic rings. The van der Waals surface area contributed by atoms with Crippen molar-refractivity contribution in [2.45, 2.75) is 12.5 Å². The van der Waals surface area contributed by atoms with Crippen LogP contribution < -0.4 is 11.1 Å². The summed E-state index contributed by atoms with van der Waals surface area (Å²) in [6.45, 7) is 0. The van der Waals surface area contributed by atoms with Crippen molar-refractivity contribution in [3.05, 3.63) is 69.7 Å². The zero-order valence-electron chi connectivity index (χ0n) is 11.6. The summed E-state index contributed by atoms with van der Waals surface area (Å²) in [6.07, 6.45) is 0.280. The maximum atomic E-state index is 12.2. The van der Waals surface area contributed by atoms with Crippen LogP contribution in [-0.4, -0.2) is 17.9 Å². The van der Waals surface area contributed by atoms with E-state index in [1.165, 1.54) is 0 Å². The van der Waals surface area contributed by atoms with Gasteiger partial charge in [0, 0.05) is 11.4 Å². The summed E-state index contributed by atoms with van der Waals surface area (Å²) in [7, 11) is 0. The molecule has 0 fully saturated rings. The predicted molar refractivity (Wildman–Crippen MR) is 87.1 cm³/mol. The average Bonchev–Trinajstić information content (AvgIpc) is 2.49. The monoisotopic (exact) mass is 336 g/mol. The minimum Gasteiger partial charge on any atom is -0.368 e. The summed E-state index contributed by atoms with van der Waals surface area (Å²) >= 11 is 11.8. The topological polar surface area (TPSA) is 72.2 Å². The third-order valence-corrected chi connectivity index (χ3v) is 3.70. The van der Waals surface area contributed by atoms with E-state index in [0.717, 1.165) is 5.56 Å². The van der Waals surface area contributed by atoms with Crippen molar-refractivity contribution < 1.29 is 9.59 Å². The zero-order valence-corrected chi connectivity index (χ0v) is 13.1. The van der Waals surface area contributed by atoms with Crippen LogP contribution in [0.5, 0.6) is 0 Å². The lowest BCUT2D eigenvalue weighted by Crippen LogP contribution is -2.45. The molecule has 0 unspecified atom stereocenters. The van der Waals surface area contributed by atoms with Gasteiger partial charge in [-0.2, -0.15) is 0 Å². The average molecular weight is 337 g/mol. The van der Waals surface area contributed by atoms with Crippen molar-refractivity contribution in [1.82, 2.24) is 5.32 Å². The van der Waals surface area contributed by atoms with Crippen LogP contribution in [0.1, 0.15) is 15.9 Å². The van der Waals surface area contributed by atoms with Gasteiger partial charge in [-0.3, -0.25) is 9.59 Å². The third kappa shape index (κ3) is 4.23. The number of primary amides is 1. The molecule has 2 rings (SSSR count). The van der Waals surface area contributed by atoms with Gasteiger partial charge in [-0.15, -0.1) is 0 Å². The molecular weight excluding hydrogens is 323 g/mol. The summed E-state index contributed by atoms with van der Waals surface area (Å²) in [6, 6.07) is 12.8. The molecule has 0 aliphatic rings. The number of halogens is 2. The molecule has 3 N–H and O–H groups in total. The minimum absolute atomic E-state index is 0.280. The maximum Gasteiger partial charge on any atom is 0.253 e. The van der Waals surface area contributed by atoms with Gasteiger partial charge in [0.05, 0.1) is 10.6 Å². The fraction of sp³-hybridized carbons (Fsp3) is 0.125. The summed E-state index contributed by atoms with van der Waals surface area (Å²) in [5.74, 6) is -1.06. The molecule has 4 nitrogen and oxygen atoms in total. The first-order valence-electron chi connectivity index (χ1n) is 6.56. The van der Waals surface area contributed by atoms with Crippen molar-refractivity contribution in [2.24, 2.45) is 5.73 Å². The van der Waals surface area contributed by atoms with Crippen LogP contribution in [0.3, 0.4) is 0 Å². The molecule has 6 heteroatoms. The molecule has 0 bridgehead atoms. The Morgan fingerprint density at radius 2 is 1.68 bits per heavy atom. The van der Waals surface area contributed by atoms with Gasteiger partial charge in [0.1, 0.15) is 6.04 Å². The van der Waals surface area contributed by atoms with Crippen LogP contribution in [-0.2, 0) is 11.2 Å². The minimum atomic E-state index is -0.829. The first kappa shape index (κ1) is 16.3. The molecule has 0 aliphatic carbocycles. The van der Waals surface area contributed by atoms with Gasteiger partial charge in [-0.05, 0) is 29.8 Å². The smallest absolute Gasteiger partial charge is 0.253 e. The highest BCUT2D eigenvalue weighted by molar-refractivity contribution is 6.33. The van der Waals surface area contributed by atoms with Crippen molar-refractivity contribution in [3.63, 3.8) is 0 Å². The Morgan fingerprint density at radius 3 is 2.27 bits per heavy atom. The quantitative estimate of drug-likeness (QED) is 0.881. The molecule has 0 spiro atoms. The highest BCUT2D eigenvalue weighted by Gasteiger charge is 2.20. The maximum absolute atomic E-state index is 12.2. The first-order chi connectivity index (χ1) is 10.5. The Hall–Kier alpha value is -2.04. The van der Waals surface area contributed by atoms with E-state index >= 15 is 0 Å². The molecule has 2 aromatic carbocycles. The second kappa shape index (κ2) is 7.29. The van der Waals surface area contributed by atoms with E-state index in [4.69, 9.17) is 28.9 Å². The number of nitrogens with one attached hydrogen (secondary N) is 1. The molecule has 0 heterocycles. The Balaban J connectivity index is 2.12. The number of amides is 2. The van der Waals surface area contributed by atoms with Gasteiger partial charge in [0.25, 0.3) is 5.91 Å². The fourth-order valence-electron chi connectivity index (χ4n) is 1.96. The molecule has 114 valence electrons. The van der Waals surface area contributed by atoms with Crippen molar-refractivity contribution in [2.75, 3.05) is 0 Å². The second-order valence-corrected chi connectivity index (χ2v) is 5.58. The third-order valence-electron chi connectivity index (χ3n) is 3.12. The molecule has 0 radical (unpaired) electrons. The van der Waals surface area contributed by atoms with E-state index in [0.29, 0.717) is 15.6 Å². The largest absolute Gasteiger partial charge is 0.368 e.